The molecule has 0 bridgehead atoms. The third-order valence-corrected chi connectivity index (χ3v) is 1.65. The monoisotopic (exact) mass is 198 g/mol. The minimum absolute atomic E-state index is 0.0502. The fraction of sp³-hybridized carbons (Fsp3) is 0.273. The van der Waals surface area contributed by atoms with Gasteiger partial charge >= 0.3 is 0 Å². The van der Waals surface area contributed by atoms with Crippen molar-refractivity contribution >= 4 is 0 Å². The molecule has 0 saturated carbocycles. The molecule has 0 amide bonds. The average Bonchev–Trinajstić information content (AvgIpc) is 2.19. The number of benzene rings is 1. The highest BCUT2D eigenvalue weighted by molar-refractivity contribution is 5.25. The molecule has 76 valence electrons. The minimum atomic E-state index is -0.933. The van der Waals surface area contributed by atoms with Gasteiger partial charge in [0.15, 0.2) is 11.6 Å². The predicted octanol–water partition coefficient (Wildman–Crippen LogP) is 3.31. The van der Waals surface area contributed by atoms with Gasteiger partial charge in [0.05, 0.1) is 0 Å². The van der Waals surface area contributed by atoms with E-state index in [1.165, 1.54) is 12.1 Å². The molecule has 1 rings (SSSR count). The van der Waals surface area contributed by atoms with E-state index in [4.69, 9.17) is 4.74 Å². The highest BCUT2D eigenvalue weighted by atomic mass is 19.2. The summed E-state index contributed by atoms with van der Waals surface area (Å²) in [7, 11) is 0. The molecule has 1 aromatic rings. The smallest absolute Gasteiger partial charge is 0.200 e. The van der Waals surface area contributed by atoms with Crippen molar-refractivity contribution < 1.29 is 13.5 Å². The fourth-order valence-corrected chi connectivity index (χ4v) is 0.968. The largest absolute Gasteiger partial charge is 0.486 e. The molecule has 0 fully saturated rings. The quantitative estimate of drug-likeness (QED) is 0.674. The first-order valence-corrected chi connectivity index (χ1v) is 4.47. The van der Waals surface area contributed by atoms with Crippen LogP contribution in [0, 0.1) is 11.6 Å². The molecule has 0 aliphatic rings. The molecule has 0 aliphatic carbocycles. The van der Waals surface area contributed by atoms with Gasteiger partial charge in [0.1, 0.15) is 6.61 Å². The van der Waals surface area contributed by atoms with Gasteiger partial charge in [-0.05, 0) is 18.6 Å². The summed E-state index contributed by atoms with van der Waals surface area (Å²) in [6.45, 7) is 2.24. The summed E-state index contributed by atoms with van der Waals surface area (Å²) in [4.78, 5) is 0. The molecule has 1 aromatic carbocycles. The zero-order chi connectivity index (χ0) is 10.4. The molecule has 3 heteroatoms. The van der Waals surface area contributed by atoms with Crippen molar-refractivity contribution in [2.45, 2.75) is 13.3 Å². The van der Waals surface area contributed by atoms with E-state index in [0.717, 1.165) is 12.5 Å². The summed E-state index contributed by atoms with van der Waals surface area (Å²) in [5, 5.41) is 0. The van der Waals surface area contributed by atoms with Gasteiger partial charge in [-0.1, -0.05) is 25.1 Å². The van der Waals surface area contributed by atoms with Crippen molar-refractivity contribution in [3.05, 3.63) is 42.0 Å². The van der Waals surface area contributed by atoms with E-state index >= 15 is 0 Å². The summed E-state index contributed by atoms with van der Waals surface area (Å²) < 4.78 is 30.7. The fourth-order valence-electron chi connectivity index (χ4n) is 0.968. The predicted molar refractivity (Wildman–Crippen MR) is 51.3 cm³/mol. The van der Waals surface area contributed by atoms with E-state index in [9.17, 15) is 8.78 Å². The number of hydrogen-bond acceptors (Lipinski definition) is 1. The van der Waals surface area contributed by atoms with Gasteiger partial charge in [0.25, 0.3) is 0 Å². The Morgan fingerprint density at radius 3 is 2.79 bits per heavy atom. The first kappa shape index (κ1) is 10.7. The Labute approximate surface area is 82.0 Å². The second-order valence-corrected chi connectivity index (χ2v) is 2.74. The topological polar surface area (TPSA) is 9.23 Å². The molecule has 0 aromatic heterocycles. The van der Waals surface area contributed by atoms with Crippen LogP contribution in [-0.4, -0.2) is 6.61 Å². The summed E-state index contributed by atoms with van der Waals surface area (Å²) in [5.41, 5.74) is 0. The first-order chi connectivity index (χ1) is 6.75. The third-order valence-electron chi connectivity index (χ3n) is 1.65. The van der Waals surface area contributed by atoms with Crippen molar-refractivity contribution in [3.8, 4) is 5.75 Å². The van der Waals surface area contributed by atoms with Gasteiger partial charge in [-0.15, -0.1) is 0 Å². The number of ether oxygens (including phenoxy) is 1. The van der Waals surface area contributed by atoms with Crippen molar-refractivity contribution in [2.24, 2.45) is 0 Å². The summed E-state index contributed by atoms with van der Waals surface area (Å²) >= 11 is 0. The van der Waals surface area contributed by atoms with E-state index < -0.39 is 11.6 Å². The second kappa shape index (κ2) is 5.37. The normalized spacial score (nSPS) is 10.8. The molecule has 0 aliphatic heterocycles. The van der Waals surface area contributed by atoms with E-state index in [1.54, 1.807) is 6.08 Å². The van der Waals surface area contributed by atoms with Crippen LogP contribution in [0.2, 0.25) is 0 Å². The lowest BCUT2D eigenvalue weighted by Gasteiger charge is -2.04. The molecule has 0 radical (unpaired) electrons. The second-order valence-electron chi connectivity index (χ2n) is 2.74. The molecular weight excluding hydrogens is 186 g/mol. The van der Waals surface area contributed by atoms with Gasteiger partial charge in [0.2, 0.25) is 5.82 Å². The molecule has 0 atom stereocenters. The Bertz CT molecular complexity index is 321. The van der Waals surface area contributed by atoms with Crippen LogP contribution in [-0.2, 0) is 0 Å². The lowest BCUT2D eigenvalue weighted by Crippen LogP contribution is -1.97. The SMILES string of the molecule is CC/C=C/COc1cccc(F)c1F. The lowest BCUT2D eigenvalue weighted by atomic mass is 10.3. The minimum Gasteiger partial charge on any atom is -0.486 e. The van der Waals surface area contributed by atoms with Crippen LogP contribution in [0.4, 0.5) is 8.78 Å². The maximum Gasteiger partial charge on any atom is 0.200 e. The van der Waals surface area contributed by atoms with Crippen LogP contribution in [0.15, 0.2) is 30.4 Å². The molecule has 0 spiro atoms. The van der Waals surface area contributed by atoms with Crippen LogP contribution < -0.4 is 4.74 Å². The number of rotatable bonds is 4. The zero-order valence-corrected chi connectivity index (χ0v) is 7.97. The number of allylic oxidation sites excluding steroid dienone is 1. The molecule has 0 unspecified atom stereocenters. The summed E-state index contributed by atoms with van der Waals surface area (Å²) in [6, 6.07) is 3.87. The molecule has 14 heavy (non-hydrogen) atoms. The van der Waals surface area contributed by atoms with Crippen LogP contribution >= 0.6 is 0 Å². The highest BCUT2D eigenvalue weighted by Crippen LogP contribution is 2.18. The van der Waals surface area contributed by atoms with E-state index in [-0.39, 0.29) is 12.4 Å². The number of halogens is 2. The van der Waals surface area contributed by atoms with Crippen molar-refractivity contribution in [1.82, 2.24) is 0 Å². The van der Waals surface area contributed by atoms with E-state index in [2.05, 4.69) is 0 Å². The van der Waals surface area contributed by atoms with Crippen LogP contribution in [0.1, 0.15) is 13.3 Å². The first-order valence-electron chi connectivity index (χ1n) is 4.47. The Hall–Kier alpha value is -1.38. The van der Waals surface area contributed by atoms with Crippen LogP contribution in [0.25, 0.3) is 0 Å². The van der Waals surface area contributed by atoms with Crippen LogP contribution in [0.5, 0.6) is 5.75 Å². The average molecular weight is 198 g/mol. The third kappa shape index (κ3) is 2.83. The zero-order valence-electron chi connectivity index (χ0n) is 7.97. The highest BCUT2D eigenvalue weighted by Gasteiger charge is 2.07. The molecule has 1 nitrogen and oxygen atoms in total. The van der Waals surface area contributed by atoms with Gasteiger partial charge in [-0.3, -0.25) is 0 Å². The Morgan fingerprint density at radius 2 is 2.07 bits per heavy atom. The van der Waals surface area contributed by atoms with Gasteiger partial charge in [-0.25, -0.2) is 4.39 Å². The van der Waals surface area contributed by atoms with E-state index in [0.29, 0.717) is 0 Å². The molecule has 0 N–H and O–H groups in total. The Morgan fingerprint density at radius 1 is 1.29 bits per heavy atom. The number of hydrogen-bond donors (Lipinski definition) is 0. The molecule has 0 heterocycles. The van der Waals surface area contributed by atoms with Crippen molar-refractivity contribution in [2.75, 3.05) is 6.61 Å². The van der Waals surface area contributed by atoms with Gasteiger partial charge in [-0.2, -0.15) is 4.39 Å². The summed E-state index contributed by atoms with van der Waals surface area (Å²) in [5.74, 6) is -1.87. The summed E-state index contributed by atoms with van der Waals surface area (Å²) in [6.07, 6.45) is 4.57. The van der Waals surface area contributed by atoms with Crippen molar-refractivity contribution in [3.63, 3.8) is 0 Å². The maximum absolute atomic E-state index is 13.0. The van der Waals surface area contributed by atoms with Crippen molar-refractivity contribution in [1.29, 1.82) is 0 Å². The Kier molecular flexibility index (Phi) is 4.11. The molecule has 0 saturated heterocycles. The lowest BCUT2D eigenvalue weighted by molar-refractivity contribution is 0.332. The van der Waals surface area contributed by atoms with Gasteiger partial charge < -0.3 is 4.74 Å². The van der Waals surface area contributed by atoms with E-state index in [1.807, 2.05) is 13.0 Å². The standard InChI is InChI=1S/C11H12F2O/c1-2-3-4-8-14-10-7-5-6-9(12)11(10)13/h3-7H,2,8H2,1H3/b4-3+. The molecular formula is C11H12F2O. The maximum atomic E-state index is 13.0. The van der Waals surface area contributed by atoms with Gasteiger partial charge in [0, 0.05) is 0 Å². The van der Waals surface area contributed by atoms with Crippen LogP contribution in [0.3, 0.4) is 0 Å². The Balaban J connectivity index is 2.59.